The van der Waals surface area contributed by atoms with Crippen LogP contribution in [0, 0.1) is 0 Å². The van der Waals surface area contributed by atoms with Gasteiger partial charge in [-0.3, -0.25) is 9.36 Å². The lowest BCUT2D eigenvalue weighted by molar-refractivity contribution is 0.202. The van der Waals surface area contributed by atoms with Crippen molar-refractivity contribution in [2.75, 3.05) is 19.6 Å². The second-order valence-corrected chi connectivity index (χ2v) is 7.50. The van der Waals surface area contributed by atoms with E-state index in [0.29, 0.717) is 17.8 Å². The van der Waals surface area contributed by atoms with E-state index in [-0.39, 0.29) is 17.1 Å². The molecule has 0 radical (unpaired) electrons. The summed E-state index contributed by atoms with van der Waals surface area (Å²) in [4.78, 5) is 19.4. The maximum atomic E-state index is 12.6. The van der Waals surface area contributed by atoms with Crippen LogP contribution in [0.25, 0.3) is 10.9 Å². The Kier molecular flexibility index (Phi) is 5.30. The summed E-state index contributed by atoms with van der Waals surface area (Å²) in [6.07, 6.45) is 4.70. The molecule has 0 saturated carbocycles. The Hall–Kier alpha value is -2.86. The first kappa shape index (κ1) is 18.5. The zero-order valence-corrected chi connectivity index (χ0v) is 15.8. The zero-order chi connectivity index (χ0) is 19.5. The van der Waals surface area contributed by atoms with Crippen LogP contribution in [0.4, 0.5) is 0 Å². The highest BCUT2D eigenvalue weighted by Crippen LogP contribution is 2.32. The zero-order valence-electron chi connectivity index (χ0n) is 15.8. The number of hydrogen-bond donors (Lipinski definition) is 2. The van der Waals surface area contributed by atoms with E-state index < -0.39 is 0 Å². The predicted octanol–water partition coefficient (Wildman–Crippen LogP) is 3.08. The summed E-state index contributed by atoms with van der Waals surface area (Å²) in [5.74, 6) is 0.217. The number of phenols is 2. The number of likely N-dealkylation sites (tertiary alicyclic amines) is 1. The van der Waals surface area contributed by atoms with Crippen molar-refractivity contribution in [3.8, 4) is 11.5 Å². The van der Waals surface area contributed by atoms with Gasteiger partial charge in [-0.1, -0.05) is 18.2 Å². The average Bonchev–Trinajstić information content (AvgIpc) is 2.72. The first-order chi connectivity index (χ1) is 13.6. The minimum absolute atomic E-state index is 0.0155. The molecular weight excluding hydrogens is 354 g/mol. The topological polar surface area (TPSA) is 78.6 Å². The van der Waals surface area contributed by atoms with Crippen LogP contribution >= 0.6 is 0 Å². The van der Waals surface area contributed by atoms with Crippen LogP contribution in [0.15, 0.2) is 53.6 Å². The Morgan fingerprint density at radius 2 is 1.93 bits per heavy atom. The molecular formula is C22H25N3O3. The summed E-state index contributed by atoms with van der Waals surface area (Å²) < 4.78 is 1.70. The second kappa shape index (κ2) is 8.02. The molecule has 6 nitrogen and oxygen atoms in total. The summed E-state index contributed by atoms with van der Waals surface area (Å²) in [6.45, 7) is 3.54. The molecule has 146 valence electrons. The van der Waals surface area contributed by atoms with Gasteiger partial charge in [0.05, 0.1) is 17.2 Å². The molecule has 28 heavy (non-hydrogen) atoms. The maximum Gasteiger partial charge on any atom is 0.261 e. The number of phenolic OH excluding ortho intramolecular Hbond substituents is 2. The van der Waals surface area contributed by atoms with Crippen LogP contribution in [0.1, 0.15) is 30.7 Å². The smallest absolute Gasteiger partial charge is 0.261 e. The number of nitrogens with zero attached hydrogens (tertiary/aromatic N) is 3. The van der Waals surface area contributed by atoms with Crippen molar-refractivity contribution in [1.29, 1.82) is 0 Å². The molecule has 1 saturated heterocycles. The Bertz CT molecular complexity index is 1030. The van der Waals surface area contributed by atoms with Crippen molar-refractivity contribution in [2.24, 2.45) is 0 Å². The molecule has 1 atom stereocenters. The minimum atomic E-state index is -0.0779. The molecule has 1 aromatic heterocycles. The number of benzene rings is 2. The van der Waals surface area contributed by atoms with Crippen LogP contribution in [-0.4, -0.2) is 44.3 Å². The van der Waals surface area contributed by atoms with E-state index >= 15 is 0 Å². The van der Waals surface area contributed by atoms with Gasteiger partial charge in [-0.15, -0.1) is 0 Å². The Morgan fingerprint density at radius 1 is 1.07 bits per heavy atom. The lowest BCUT2D eigenvalue weighted by atomic mass is 9.90. The molecule has 0 spiro atoms. The number of aromatic nitrogens is 2. The highest BCUT2D eigenvalue weighted by Gasteiger charge is 2.21. The van der Waals surface area contributed by atoms with E-state index in [2.05, 4.69) is 9.88 Å². The van der Waals surface area contributed by atoms with E-state index in [9.17, 15) is 15.0 Å². The second-order valence-electron chi connectivity index (χ2n) is 7.50. The molecule has 3 aromatic rings. The Labute approximate surface area is 163 Å². The molecule has 1 fully saturated rings. The first-order valence-corrected chi connectivity index (χ1v) is 9.80. The average molecular weight is 379 g/mol. The fourth-order valence-corrected chi connectivity index (χ4v) is 4.06. The maximum absolute atomic E-state index is 12.6. The summed E-state index contributed by atoms with van der Waals surface area (Å²) in [6, 6.07) is 12.6. The van der Waals surface area contributed by atoms with E-state index in [1.54, 1.807) is 23.0 Å². The number of hydrogen-bond acceptors (Lipinski definition) is 5. The van der Waals surface area contributed by atoms with Gasteiger partial charge in [0.15, 0.2) is 11.5 Å². The monoisotopic (exact) mass is 379 g/mol. The standard InChI is InChI=1S/C22H25N3O3/c26-20-9-8-16(13-21(20)27)17-5-3-10-24(14-17)11-4-12-25-15-23-19-7-2-1-6-18(19)22(25)28/h1-2,6-9,13,15,17,26-27H,3-5,10-12,14H2. The Morgan fingerprint density at radius 3 is 2.79 bits per heavy atom. The van der Waals surface area contributed by atoms with E-state index in [4.69, 9.17) is 0 Å². The molecule has 6 heteroatoms. The quantitative estimate of drug-likeness (QED) is 0.666. The van der Waals surface area contributed by atoms with Crippen LogP contribution in [-0.2, 0) is 6.54 Å². The van der Waals surface area contributed by atoms with Gasteiger partial charge in [0.2, 0.25) is 0 Å². The third kappa shape index (κ3) is 3.87. The fraction of sp³-hybridized carbons (Fsp3) is 0.364. The molecule has 1 aliphatic heterocycles. The van der Waals surface area contributed by atoms with Gasteiger partial charge in [-0.2, -0.15) is 0 Å². The highest BCUT2D eigenvalue weighted by atomic mass is 16.3. The third-order valence-electron chi connectivity index (χ3n) is 5.58. The van der Waals surface area contributed by atoms with E-state index in [1.165, 1.54) is 0 Å². The first-order valence-electron chi connectivity index (χ1n) is 9.80. The molecule has 1 unspecified atom stereocenters. The van der Waals surface area contributed by atoms with Gasteiger partial charge in [0.25, 0.3) is 5.56 Å². The normalized spacial score (nSPS) is 17.8. The number of piperidine rings is 1. The van der Waals surface area contributed by atoms with Crippen molar-refractivity contribution >= 4 is 10.9 Å². The summed E-state index contributed by atoms with van der Waals surface area (Å²) >= 11 is 0. The Balaban J connectivity index is 1.37. The van der Waals surface area contributed by atoms with Gasteiger partial charge in [-0.05, 0) is 68.1 Å². The van der Waals surface area contributed by atoms with Gasteiger partial charge in [-0.25, -0.2) is 4.98 Å². The van der Waals surface area contributed by atoms with Crippen molar-refractivity contribution in [3.63, 3.8) is 0 Å². The number of para-hydroxylation sites is 1. The molecule has 0 amide bonds. The van der Waals surface area contributed by atoms with Gasteiger partial charge in [0.1, 0.15) is 0 Å². The summed E-state index contributed by atoms with van der Waals surface area (Å²) in [5, 5.41) is 19.9. The van der Waals surface area contributed by atoms with Crippen molar-refractivity contribution < 1.29 is 10.2 Å². The van der Waals surface area contributed by atoms with Gasteiger partial charge >= 0.3 is 0 Å². The summed E-state index contributed by atoms with van der Waals surface area (Å²) in [7, 11) is 0. The van der Waals surface area contributed by atoms with E-state index in [0.717, 1.165) is 50.0 Å². The third-order valence-corrected chi connectivity index (χ3v) is 5.58. The molecule has 4 rings (SSSR count). The lowest BCUT2D eigenvalue weighted by Gasteiger charge is -2.33. The van der Waals surface area contributed by atoms with Crippen molar-refractivity contribution in [1.82, 2.24) is 14.5 Å². The van der Waals surface area contributed by atoms with Crippen molar-refractivity contribution in [3.05, 3.63) is 64.7 Å². The van der Waals surface area contributed by atoms with E-state index in [1.807, 2.05) is 30.3 Å². The SMILES string of the molecule is O=c1c2ccccc2ncn1CCCN1CCCC(c2ccc(O)c(O)c2)C1. The largest absolute Gasteiger partial charge is 0.504 e. The number of aromatic hydroxyl groups is 2. The fourth-order valence-electron chi connectivity index (χ4n) is 4.06. The molecule has 2 N–H and O–H groups in total. The molecule has 2 heterocycles. The number of rotatable bonds is 5. The highest BCUT2D eigenvalue weighted by molar-refractivity contribution is 5.76. The number of aryl methyl sites for hydroxylation is 1. The van der Waals surface area contributed by atoms with Gasteiger partial charge in [0, 0.05) is 13.1 Å². The predicted molar refractivity (Wildman–Crippen MR) is 109 cm³/mol. The molecule has 2 aromatic carbocycles. The molecule has 0 aliphatic carbocycles. The van der Waals surface area contributed by atoms with Crippen LogP contribution in [0.5, 0.6) is 11.5 Å². The van der Waals surface area contributed by atoms with Crippen LogP contribution in [0.3, 0.4) is 0 Å². The van der Waals surface area contributed by atoms with Crippen LogP contribution in [0.2, 0.25) is 0 Å². The number of fused-ring (bicyclic) bond motifs is 1. The lowest BCUT2D eigenvalue weighted by Crippen LogP contribution is -2.35. The minimum Gasteiger partial charge on any atom is -0.504 e. The summed E-state index contributed by atoms with van der Waals surface area (Å²) in [5.41, 5.74) is 1.82. The van der Waals surface area contributed by atoms with Gasteiger partial charge < -0.3 is 15.1 Å². The van der Waals surface area contributed by atoms with Crippen LogP contribution < -0.4 is 5.56 Å². The molecule has 1 aliphatic rings. The molecule has 0 bridgehead atoms. The van der Waals surface area contributed by atoms with Crippen molar-refractivity contribution in [2.45, 2.75) is 31.7 Å².